The van der Waals surface area contributed by atoms with E-state index in [1.165, 1.54) is 18.2 Å². The van der Waals surface area contributed by atoms with E-state index in [4.69, 9.17) is 16.3 Å². The number of aromatic hydroxyl groups is 1. The van der Waals surface area contributed by atoms with Crippen molar-refractivity contribution in [2.24, 2.45) is 0 Å². The molecule has 0 fully saturated rings. The van der Waals surface area contributed by atoms with Crippen LogP contribution in [-0.4, -0.2) is 19.8 Å². The molecule has 0 aliphatic carbocycles. The molecule has 20 heavy (non-hydrogen) atoms. The van der Waals surface area contributed by atoms with Crippen LogP contribution >= 0.6 is 11.6 Å². The van der Waals surface area contributed by atoms with Crippen LogP contribution in [0.4, 0.5) is 4.39 Å². The molecule has 2 aromatic rings. The van der Waals surface area contributed by atoms with Gasteiger partial charge in [0.2, 0.25) is 0 Å². The lowest BCUT2D eigenvalue weighted by molar-refractivity contribution is 0.407. The molecule has 0 aliphatic rings. The molecule has 0 bridgehead atoms. The highest BCUT2D eigenvalue weighted by atomic mass is 35.5. The van der Waals surface area contributed by atoms with Crippen LogP contribution < -0.4 is 4.74 Å². The Morgan fingerprint density at radius 2 is 1.85 bits per heavy atom. The number of phenols is 1. The third-order valence-corrected chi connectivity index (χ3v) is 3.88. The van der Waals surface area contributed by atoms with E-state index in [0.717, 1.165) is 24.5 Å². The summed E-state index contributed by atoms with van der Waals surface area (Å²) in [5, 5.41) is 9.58. The first-order valence-electron chi connectivity index (χ1n) is 5.43. The van der Waals surface area contributed by atoms with Crippen LogP contribution in [0.2, 0.25) is 5.02 Å². The maximum Gasteiger partial charge on any atom is 0.175 e. The molecule has 0 amide bonds. The fraction of sp³-hybridized carbons (Fsp3) is 0.0769. The topological polar surface area (TPSA) is 63.6 Å². The van der Waals surface area contributed by atoms with Crippen molar-refractivity contribution in [2.45, 2.75) is 4.90 Å². The number of hydrogen-bond acceptors (Lipinski definition) is 4. The summed E-state index contributed by atoms with van der Waals surface area (Å²) in [6.45, 7) is 0. The van der Waals surface area contributed by atoms with Gasteiger partial charge >= 0.3 is 0 Å². The van der Waals surface area contributed by atoms with Crippen molar-refractivity contribution >= 4 is 21.4 Å². The van der Waals surface area contributed by atoms with E-state index in [9.17, 15) is 17.9 Å². The molecule has 106 valence electrons. The van der Waals surface area contributed by atoms with Gasteiger partial charge in [-0.15, -0.1) is 0 Å². The van der Waals surface area contributed by atoms with Crippen molar-refractivity contribution in [3.05, 3.63) is 47.2 Å². The Morgan fingerprint density at radius 1 is 1.15 bits per heavy atom. The first-order chi connectivity index (χ1) is 9.27. The summed E-state index contributed by atoms with van der Waals surface area (Å²) in [5.74, 6) is -0.838. The molecule has 0 unspecified atom stereocenters. The van der Waals surface area contributed by atoms with E-state index in [-0.39, 0.29) is 27.2 Å². The number of sulfone groups is 1. The number of ether oxygens (including phenoxy) is 1. The number of hydrogen-bond donors (Lipinski definition) is 1. The van der Waals surface area contributed by atoms with Gasteiger partial charge < -0.3 is 9.84 Å². The van der Waals surface area contributed by atoms with Crippen molar-refractivity contribution in [3.8, 4) is 17.2 Å². The van der Waals surface area contributed by atoms with Crippen LogP contribution in [0.15, 0.2) is 41.3 Å². The lowest BCUT2D eigenvalue weighted by atomic mass is 10.3. The van der Waals surface area contributed by atoms with E-state index in [1.54, 1.807) is 0 Å². The second-order valence-corrected chi connectivity index (χ2v) is 6.50. The van der Waals surface area contributed by atoms with Crippen molar-refractivity contribution in [2.75, 3.05) is 6.26 Å². The van der Waals surface area contributed by atoms with Gasteiger partial charge in [0.1, 0.15) is 11.6 Å². The summed E-state index contributed by atoms with van der Waals surface area (Å²) in [6, 6.07) is 7.09. The van der Waals surface area contributed by atoms with Crippen molar-refractivity contribution in [1.82, 2.24) is 0 Å². The van der Waals surface area contributed by atoms with Crippen molar-refractivity contribution in [1.29, 1.82) is 0 Å². The Kier molecular flexibility index (Phi) is 3.87. The highest BCUT2D eigenvalue weighted by molar-refractivity contribution is 7.90. The van der Waals surface area contributed by atoms with Gasteiger partial charge in [0.25, 0.3) is 0 Å². The number of phenolic OH excluding ortho intramolecular Hbond substituents is 1. The van der Waals surface area contributed by atoms with Gasteiger partial charge in [-0.05, 0) is 30.3 Å². The van der Waals surface area contributed by atoms with Crippen LogP contribution in [0.3, 0.4) is 0 Å². The smallest absolute Gasteiger partial charge is 0.175 e. The monoisotopic (exact) mass is 316 g/mol. The fourth-order valence-corrected chi connectivity index (χ4v) is 2.41. The largest absolute Gasteiger partial charge is 0.504 e. The minimum absolute atomic E-state index is 0.0385. The maximum atomic E-state index is 13.1. The summed E-state index contributed by atoms with van der Waals surface area (Å²) in [6.07, 6.45) is 1.05. The molecule has 0 heterocycles. The zero-order valence-electron chi connectivity index (χ0n) is 10.3. The molecule has 0 spiro atoms. The molecule has 1 N–H and O–H groups in total. The van der Waals surface area contributed by atoms with E-state index in [0.29, 0.717) is 0 Å². The van der Waals surface area contributed by atoms with Crippen molar-refractivity contribution in [3.63, 3.8) is 0 Å². The number of rotatable bonds is 3. The van der Waals surface area contributed by atoms with Gasteiger partial charge in [-0.1, -0.05) is 11.6 Å². The predicted molar refractivity (Wildman–Crippen MR) is 72.7 cm³/mol. The SMILES string of the molecule is CS(=O)(=O)c1ccc(Oc2cc(F)ccc2O)c(Cl)c1. The Labute approximate surface area is 120 Å². The average molecular weight is 317 g/mol. The minimum Gasteiger partial charge on any atom is -0.504 e. The summed E-state index contributed by atoms with van der Waals surface area (Å²) in [5.41, 5.74) is 0. The molecule has 4 nitrogen and oxygen atoms in total. The van der Waals surface area contributed by atoms with Gasteiger partial charge in [-0.2, -0.15) is 0 Å². The zero-order valence-corrected chi connectivity index (χ0v) is 11.9. The van der Waals surface area contributed by atoms with Gasteiger partial charge in [0.15, 0.2) is 21.3 Å². The van der Waals surface area contributed by atoms with Crippen molar-refractivity contribution < 1.29 is 22.7 Å². The molecular weight excluding hydrogens is 307 g/mol. The maximum absolute atomic E-state index is 13.1. The summed E-state index contributed by atoms with van der Waals surface area (Å²) < 4.78 is 41.1. The second kappa shape index (κ2) is 5.30. The summed E-state index contributed by atoms with van der Waals surface area (Å²) in [4.78, 5) is 0.0401. The van der Waals surface area contributed by atoms with E-state index in [1.807, 2.05) is 0 Å². The third-order valence-electron chi connectivity index (χ3n) is 2.47. The molecule has 7 heteroatoms. The number of halogens is 2. The summed E-state index contributed by atoms with van der Waals surface area (Å²) in [7, 11) is -3.38. The minimum atomic E-state index is -3.38. The Hall–Kier alpha value is -1.79. The summed E-state index contributed by atoms with van der Waals surface area (Å²) >= 11 is 5.91. The van der Waals surface area contributed by atoms with Crippen LogP contribution in [0.25, 0.3) is 0 Å². The zero-order chi connectivity index (χ0) is 14.9. The number of benzene rings is 2. The Morgan fingerprint density at radius 3 is 2.45 bits per heavy atom. The third kappa shape index (κ3) is 3.20. The molecule has 2 rings (SSSR count). The molecule has 0 saturated carbocycles. The highest BCUT2D eigenvalue weighted by Crippen LogP contribution is 2.35. The second-order valence-electron chi connectivity index (χ2n) is 4.08. The molecule has 0 aliphatic heterocycles. The van der Waals surface area contributed by atoms with Crippen LogP contribution in [0.1, 0.15) is 0 Å². The Bertz CT molecular complexity index is 759. The lowest BCUT2D eigenvalue weighted by Crippen LogP contribution is -1.97. The first kappa shape index (κ1) is 14.6. The molecule has 0 saturated heterocycles. The predicted octanol–water partition coefficient (Wildman–Crippen LogP) is 3.38. The van der Waals surface area contributed by atoms with Gasteiger partial charge in [0, 0.05) is 12.3 Å². The van der Waals surface area contributed by atoms with Gasteiger partial charge in [0.05, 0.1) is 9.92 Å². The van der Waals surface area contributed by atoms with E-state index < -0.39 is 15.7 Å². The molecular formula is C13H10ClFO4S. The average Bonchev–Trinajstić information content (AvgIpc) is 2.35. The molecule has 2 aromatic carbocycles. The lowest BCUT2D eigenvalue weighted by Gasteiger charge is -2.10. The first-order valence-corrected chi connectivity index (χ1v) is 7.70. The van der Waals surface area contributed by atoms with Crippen LogP contribution in [0.5, 0.6) is 17.2 Å². The molecule has 0 radical (unpaired) electrons. The van der Waals surface area contributed by atoms with Gasteiger partial charge in [-0.3, -0.25) is 0 Å². The molecule has 0 atom stereocenters. The Balaban J connectivity index is 2.38. The van der Waals surface area contributed by atoms with Crippen LogP contribution in [-0.2, 0) is 9.84 Å². The fourth-order valence-electron chi connectivity index (χ4n) is 1.48. The standard InChI is InChI=1S/C13H10ClFO4S/c1-20(17,18)9-3-5-12(10(14)7-9)19-13-6-8(15)2-4-11(13)16/h2-7,16H,1H3. The molecule has 0 aromatic heterocycles. The quantitative estimate of drug-likeness (QED) is 0.943. The van der Waals surface area contributed by atoms with E-state index >= 15 is 0 Å². The highest BCUT2D eigenvalue weighted by Gasteiger charge is 2.13. The van der Waals surface area contributed by atoms with E-state index in [2.05, 4.69) is 0 Å². The normalized spacial score (nSPS) is 11.3. The van der Waals surface area contributed by atoms with Gasteiger partial charge in [-0.25, -0.2) is 12.8 Å². The van der Waals surface area contributed by atoms with Crippen LogP contribution in [0, 0.1) is 5.82 Å².